The number of nitro groups is 1. The van der Waals surface area contributed by atoms with Crippen molar-refractivity contribution in [2.24, 2.45) is 0 Å². The Labute approximate surface area is 225 Å². The number of benzene rings is 2. The second-order valence-electron chi connectivity index (χ2n) is 8.97. The Kier molecular flexibility index (Phi) is 6.73. The van der Waals surface area contributed by atoms with Crippen molar-refractivity contribution in [2.45, 2.75) is 25.9 Å². The molecule has 2 aromatic carbocycles. The molecule has 0 aliphatic carbocycles. The molecular formula is C28H27N5O4S. The third-order valence-electron chi connectivity index (χ3n) is 6.83. The van der Waals surface area contributed by atoms with Crippen LogP contribution in [-0.4, -0.2) is 33.8 Å². The first-order valence-corrected chi connectivity index (χ1v) is 12.4. The number of hydrogen-bond donors (Lipinski definition) is 1. The standard InChI is InChI=1S/C28H27N5O4S/c1-17-14-22(18(2)31(17)24-16-20(33(34)35)11-12-25(24)37-4)27-26(23-10-5-6-13-29-23)30-28(38)32(27)19-8-7-9-21(15-19)36-3/h5-16,26-27H,1-4H3,(H,30,38)/t26-,27+/m1/s1. The summed E-state index contributed by atoms with van der Waals surface area (Å²) in [5.74, 6) is 1.26. The van der Waals surface area contributed by atoms with Gasteiger partial charge in [-0.15, -0.1) is 0 Å². The molecule has 0 spiro atoms. The Hall–Kier alpha value is -4.44. The van der Waals surface area contributed by atoms with Crippen molar-refractivity contribution in [3.05, 3.63) is 106 Å². The zero-order chi connectivity index (χ0) is 27.0. The van der Waals surface area contributed by atoms with E-state index in [1.165, 1.54) is 12.1 Å². The van der Waals surface area contributed by atoms with Crippen molar-refractivity contribution in [1.82, 2.24) is 14.9 Å². The molecule has 1 aliphatic rings. The van der Waals surface area contributed by atoms with Gasteiger partial charge in [0.2, 0.25) is 0 Å². The van der Waals surface area contributed by atoms with Crippen molar-refractivity contribution in [2.75, 3.05) is 19.1 Å². The number of non-ortho nitro benzene ring substituents is 1. The van der Waals surface area contributed by atoms with Crippen molar-refractivity contribution >= 4 is 28.7 Å². The van der Waals surface area contributed by atoms with Gasteiger partial charge in [0.1, 0.15) is 11.5 Å². The monoisotopic (exact) mass is 529 g/mol. The lowest BCUT2D eigenvalue weighted by atomic mass is 9.96. The van der Waals surface area contributed by atoms with E-state index in [9.17, 15) is 10.1 Å². The number of nitrogens with zero attached hydrogens (tertiary/aromatic N) is 4. The minimum atomic E-state index is -0.404. The molecule has 0 saturated carbocycles. The van der Waals surface area contributed by atoms with E-state index in [0.717, 1.165) is 34.1 Å². The molecule has 0 unspecified atom stereocenters. The first-order valence-electron chi connectivity index (χ1n) is 12.0. The van der Waals surface area contributed by atoms with Crippen LogP contribution in [0.2, 0.25) is 0 Å². The number of rotatable bonds is 7. The Morgan fingerprint density at radius 3 is 2.53 bits per heavy atom. The van der Waals surface area contributed by atoms with E-state index in [1.54, 1.807) is 26.5 Å². The van der Waals surface area contributed by atoms with Crippen LogP contribution in [0.1, 0.15) is 34.7 Å². The van der Waals surface area contributed by atoms with Crippen LogP contribution in [0.5, 0.6) is 11.5 Å². The summed E-state index contributed by atoms with van der Waals surface area (Å²) in [7, 11) is 3.19. The Balaban J connectivity index is 1.71. The first kappa shape index (κ1) is 25.2. The number of hydrogen-bond acceptors (Lipinski definition) is 6. The summed E-state index contributed by atoms with van der Waals surface area (Å²) in [4.78, 5) is 17.9. The number of thiocarbonyl (C=S) groups is 1. The largest absolute Gasteiger partial charge is 0.497 e. The quantitative estimate of drug-likeness (QED) is 0.188. The average Bonchev–Trinajstić information content (AvgIpc) is 3.43. The van der Waals surface area contributed by atoms with Crippen LogP contribution in [0, 0.1) is 24.0 Å². The van der Waals surface area contributed by atoms with Crippen LogP contribution in [0.4, 0.5) is 11.4 Å². The van der Waals surface area contributed by atoms with Gasteiger partial charge in [0, 0.05) is 41.5 Å². The Morgan fingerprint density at radius 1 is 1.03 bits per heavy atom. The summed E-state index contributed by atoms with van der Waals surface area (Å²) in [6.45, 7) is 3.97. The van der Waals surface area contributed by atoms with Crippen LogP contribution >= 0.6 is 12.2 Å². The fraction of sp³-hybridized carbons (Fsp3) is 0.214. The predicted octanol–water partition coefficient (Wildman–Crippen LogP) is 5.59. The maximum atomic E-state index is 11.6. The number of ether oxygens (including phenoxy) is 2. The van der Waals surface area contributed by atoms with Crippen molar-refractivity contribution < 1.29 is 14.4 Å². The molecule has 194 valence electrons. The molecule has 1 saturated heterocycles. The number of aromatic nitrogens is 2. The van der Waals surface area contributed by atoms with Gasteiger partial charge in [0.15, 0.2) is 5.11 Å². The molecule has 1 N–H and O–H groups in total. The number of pyridine rings is 1. The SMILES string of the molecule is COc1cccc(N2C(=S)N[C@H](c3ccccn3)[C@@H]2c2cc(C)n(-c3cc([N+](=O)[O-])ccc3OC)c2C)c1. The molecule has 9 nitrogen and oxygen atoms in total. The lowest BCUT2D eigenvalue weighted by Gasteiger charge is -2.28. The second kappa shape index (κ2) is 10.1. The molecule has 0 radical (unpaired) electrons. The van der Waals surface area contributed by atoms with E-state index >= 15 is 0 Å². The number of methoxy groups -OCH3 is 2. The summed E-state index contributed by atoms with van der Waals surface area (Å²) in [5, 5.41) is 15.6. The first-order chi connectivity index (χ1) is 18.3. The van der Waals surface area contributed by atoms with Crippen molar-refractivity contribution in [1.29, 1.82) is 0 Å². The molecule has 3 heterocycles. The zero-order valence-corrected chi connectivity index (χ0v) is 22.2. The van der Waals surface area contributed by atoms with Gasteiger partial charge in [0.05, 0.1) is 42.6 Å². The summed E-state index contributed by atoms with van der Waals surface area (Å²) in [6, 6.07) is 19.8. The molecule has 0 bridgehead atoms. The van der Waals surface area contributed by atoms with Gasteiger partial charge in [-0.1, -0.05) is 12.1 Å². The van der Waals surface area contributed by atoms with Gasteiger partial charge in [-0.05, 0) is 68.0 Å². The van der Waals surface area contributed by atoms with Crippen LogP contribution in [0.3, 0.4) is 0 Å². The van der Waals surface area contributed by atoms with Crippen LogP contribution in [0.15, 0.2) is 72.9 Å². The third kappa shape index (κ3) is 4.32. The molecule has 5 rings (SSSR count). The summed E-state index contributed by atoms with van der Waals surface area (Å²) >= 11 is 5.86. The highest BCUT2D eigenvalue weighted by Crippen LogP contribution is 2.45. The number of anilines is 1. The van der Waals surface area contributed by atoms with Crippen LogP contribution < -0.4 is 19.7 Å². The molecule has 2 aromatic heterocycles. The van der Waals surface area contributed by atoms with Gasteiger partial charge in [-0.2, -0.15) is 0 Å². The number of nitrogens with one attached hydrogen (secondary N) is 1. The topological polar surface area (TPSA) is 94.7 Å². The van der Waals surface area contributed by atoms with E-state index in [4.69, 9.17) is 21.7 Å². The molecule has 10 heteroatoms. The molecule has 38 heavy (non-hydrogen) atoms. The molecule has 4 aromatic rings. The molecule has 0 amide bonds. The van der Waals surface area contributed by atoms with E-state index in [2.05, 4.69) is 21.3 Å². The van der Waals surface area contributed by atoms with Crippen LogP contribution in [0.25, 0.3) is 5.69 Å². The van der Waals surface area contributed by atoms with Gasteiger partial charge < -0.3 is 24.3 Å². The molecule has 1 fully saturated rings. The second-order valence-corrected chi connectivity index (χ2v) is 9.36. The van der Waals surface area contributed by atoms with Gasteiger partial charge in [0.25, 0.3) is 5.69 Å². The Morgan fingerprint density at radius 2 is 1.84 bits per heavy atom. The highest BCUT2D eigenvalue weighted by Gasteiger charge is 2.42. The average molecular weight is 530 g/mol. The fourth-order valence-electron chi connectivity index (χ4n) is 5.13. The van der Waals surface area contributed by atoms with Gasteiger partial charge in [-0.3, -0.25) is 15.1 Å². The maximum absolute atomic E-state index is 11.6. The highest BCUT2D eigenvalue weighted by atomic mass is 32.1. The van der Waals surface area contributed by atoms with E-state index in [-0.39, 0.29) is 17.8 Å². The minimum absolute atomic E-state index is 0.0112. The van der Waals surface area contributed by atoms with Crippen molar-refractivity contribution in [3.8, 4) is 17.2 Å². The molecule has 1 aliphatic heterocycles. The lowest BCUT2D eigenvalue weighted by molar-refractivity contribution is -0.384. The van der Waals surface area contributed by atoms with Crippen molar-refractivity contribution in [3.63, 3.8) is 0 Å². The zero-order valence-electron chi connectivity index (χ0n) is 21.4. The van der Waals surface area contributed by atoms with Crippen LogP contribution in [-0.2, 0) is 0 Å². The van der Waals surface area contributed by atoms with E-state index in [1.807, 2.05) is 60.9 Å². The number of nitro benzene ring substituents is 1. The summed E-state index contributed by atoms with van der Waals surface area (Å²) in [5.41, 5.74) is 5.13. The molecule has 2 atom stereocenters. The number of aryl methyl sites for hydroxylation is 1. The van der Waals surface area contributed by atoms with E-state index in [0.29, 0.717) is 16.5 Å². The predicted molar refractivity (Wildman–Crippen MR) is 149 cm³/mol. The van der Waals surface area contributed by atoms with Gasteiger partial charge >= 0.3 is 0 Å². The maximum Gasteiger partial charge on any atom is 0.271 e. The highest BCUT2D eigenvalue weighted by molar-refractivity contribution is 7.80. The lowest BCUT2D eigenvalue weighted by Crippen LogP contribution is -2.29. The minimum Gasteiger partial charge on any atom is -0.497 e. The smallest absolute Gasteiger partial charge is 0.271 e. The summed E-state index contributed by atoms with van der Waals surface area (Å²) in [6.07, 6.45) is 1.77. The molecular weight excluding hydrogens is 502 g/mol. The fourth-order valence-corrected chi connectivity index (χ4v) is 5.48. The third-order valence-corrected chi connectivity index (χ3v) is 7.15. The van der Waals surface area contributed by atoms with Gasteiger partial charge in [-0.25, -0.2) is 0 Å². The summed E-state index contributed by atoms with van der Waals surface area (Å²) < 4.78 is 13.1. The normalized spacial score (nSPS) is 16.8. The Bertz CT molecular complexity index is 1520. The van der Waals surface area contributed by atoms with E-state index < -0.39 is 4.92 Å².